The summed E-state index contributed by atoms with van der Waals surface area (Å²) in [7, 11) is 0. The normalized spacial score (nSPS) is 25.8. The molecule has 1 N–H and O–H groups in total. The topological polar surface area (TPSA) is 93.6 Å². The Bertz CT molecular complexity index is 1440. The zero-order valence-corrected chi connectivity index (χ0v) is 28.1. The SMILES string of the molecule is C=CCN(Cc1ccccc1)C(=O)[C@H]1[C@H]2C(=O)N(CCCCO)C(C(=O)N(CC=C)c3ccc(N(CC)CC)cc3)C23CC[C@]1(C)O3. The fourth-order valence-corrected chi connectivity index (χ4v) is 8.14. The van der Waals surface area contributed by atoms with Crippen molar-refractivity contribution >= 4 is 29.1 Å². The van der Waals surface area contributed by atoms with E-state index in [0.717, 1.165) is 24.3 Å². The second-order valence-corrected chi connectivity index (χ2v) is 13.1. The van der Waals surface area contributed by atoms with E-state index in [2.05, 4.69) is 31.9 Å². The number of fused-ring (bicyclic) bond motifs is 1. The highest BCUT2D eigenvalue weighted by Crippen LogP contribution is 2.63. The highest BCUT2D eigenvalue weighted by atomic mass is 16.5. The third-order valence-electron chi connectivity index (χ3n) is 10.3. The van der Waals surface area contributed by atoms with Gasteiger partial charge in [0.2, 0.25) is 11.8 Å². The Labute approximate surface area is 279 Å². The number of rotatable bonds is 16. The molecule has 252 valence electrons. The fraction of sp³-hybridized carbons (Fsp3) is 0.500. The van der Waals surface area contributed by atoms with E-state index in [9.17, 15) is 19.5 Å². The number of likely N-dealkylation sites (tertiary alicyclic amines) is 1. The van der Waals surface area contributed by atoms with Gasteiger partial charge >= 0.3 is 0 Å². The van der Waals surface area contributed by atoms with Gasteiger partial charge in [-0.2, -0.15) is 0 Å². The van der Waals surface area contributed by atoms with Crippen molar-refractivity contribution < 1.29 is 24.2 Å². The fourth-order valence-electron chi connectivity index (χ4n) is 8.14. The maximum Gasteiger partial charge on any atom is 0.253 e. The maximum absolute atomic E-state index is 14.9. The maximum atomic E-state index is 14.9. The summed E-state index contributed by atoms with van der Waals surface area (Å²) in [5, 5.41) is 9.56. The molecule has 3 aliphatic heterocycles. The van der Waals surface area contributed by atoms with Crippen LogP contribution in [-0.4, -0.2) is 89.2 Å². The molecule has 5 atom stereocenters. The molecule has 2 aromatic rings. The van der Waals surface area contributed by atoms with Crippen LogP contribution in [0.4, 0.5) is 11.4 Å². The van der Waals surface area contributed by atoms with Crippen molar-refractivity contribution in [3.05, 3.63) is 85.5 Å². The van der Waals surface area contributed by atoms with Crippen LogP contribution in [0, 0.1) is 11.8 Å². The Kier molecular flexibility index (Phi) is 10.6. The summed E-state index contributed by atoms with van der Waals surface area (Å²) < 4.78 is 6.90. The lowest BCUT2D eigenvalue weighted by atomic mass is 9.66. The highest BCUT2D eigenvalue weighted by Gasteiger charge is 2.78. The average molecular weight is 643 g/mol. The van der Waals surface area contributed by atoms with Crippen LogP contribution in [0.25, 0.3) is 0 Å². The molecule has 0 saturated carbocycles. The van der Waals surface area contributed by atoms with Gasteiger partial charge in [-0.25, -0.2) is 0 Å². The van der Waals surface area contributed by atoms with Gasteiger partial charge in [-0.3, -0.25) is 14.4 Å². The van der Waals surface area contributed by atoms with E-state index >= 15 is 0 Å². The van der Waals surface area contributed by atoms with Crippen molar-refractivity contribution in [1.29, 1.82) is 0 Å². The predicted molar refractivity (Wildman–Crippen MR) is 185 cm³/mol. The number of benzene rings is 2. The Hall–Kier alpha value is -3.95. The van der Waals surface area contributed by atoms with Gasteiger partial charge < -0.3 is 29.4 Å². The first-order valence-electron chi connectivity index (χ1n) is 17.0. The first-order valence-corrected chi connectivity index (χ1v) is 17.0. The van der Waals surface area contributed by atoms with Crippen molar-refractivity contribution in [1.82, 2.24) is 9.80 Å². The molecule has 1 spiro atoms. The van der Waals surface area contributed by atoms with Gasteiger partial charge in [-0.15, -0.1) is 13.2 Å². The van der Waals surface area contributed by atoms with Gasteiger partial charge in [0, 0.05) is 57.3 Å². The molecule has 3 heterocycles. The number of unbranched alkanes of at least 4 members (excludes halogenated alkanes) is 1. The number of aliphatic hydroxyl groups is 1. The number of aliphatic hydroxyl groups excluding tert-OH is 1. The number of hydrogen-bond acceptors (Lipinski definition) is 6. The van der Waals surface area contributed by atoms with Crippen molar-refractivity contribution in [3.63, 3.8) is 0 Å². The van der Waals surface area contributed by atoms with Crippen LogP contribution in [0.5, 0.6) is 0 Å². The van der Waals surface area contributed by atoms with Crippen LogP contribution in [0.1, 0.15) is 52.0 Å². The van der Waals surface area contributed by atoms with Gasteiger partial charge in [0.15, 0.2) is 0 Å². The van der Waals surface area contributed by atoms with E-state index in [4.69, 9.17) is 4.74 Å². The average Bonchev–Trinajstić information content (AvgIpc) is 3.65. The molecule has 0 aromatic heterocycles. The van der Waals surface area contributed by atoms with E-state index in [0.29, 0.717) is 44.5 Å². The van der Waals surface area contributed by atoms with E-state index in [1.54, 1.807) is 26.9 Å². The number of nitrogens with zero attached hydrogens (tertiary/aromatic N) is 4. The van der Waals surface area contributed by atoms with E-state index in [-0.39, 0.29) is 37.4 Å². The van der Waals surface area contributed by atoms with Crippen LogP contribution in [0.2, 0.25) is 0 Å². The Morgan fingerprint density at radius 2 is 1.62 bits per heavy atom. The lowest BCUT2D eigenvalue weighted by Crippen LogP contribution is -2.56. The first-order chi connectivity index (χ1) is 22.7. The Balaban J connectivity index is 1.53. The number of carbonyl (C=O) groups excluding carboxylic acids is 3. The molecule has 2 aromatic carbocycles. The molecule has 9 heteroatoms. The summed E-state index contributed by atoms with van der Waals surface area (Å²) in [4.78, 5) is 51.3. The number of carbonyl (C=O) groups is 3. The largest absolute Gasteiger partial charge is 0.396 e. The summed E-state index contributed by atoms with van der Waals surface area (Å²) in [6, 6.07) is 16.8. The number of ether oxygens (including phenoxy) is 1. The van der Waals surface area contributed by atoms with Crippen molar-refractivity contribution in [2.45, 2.75) is 70.2 Å². The van der Waals surface area contributed by atoms with Crippen LogP contribution in [0.15, 0.2) is 79.9 Å². The van der Waals surface area contributed by atoms with Crippen LogP contribution >= 0.6 is 0 Å². The summed E-state index contributed by atoms with van der Waals surface area (Å²) in [5.41, 5.74) is 0.722. The summed E-state index contributed by atoms with van der Waals surface area (Å²) in [6.45, 7) is 16.9. The lowest BCUT2D eigenvalue weighted by molar-refractivity contribution is -0.150. The van der Waals surface area contributed by atoms with E-state index < -0.39 is 29.1 Å². The van der Waals surface area contributed by atoms with Crippen molar-refractivity contribution in [2.24, 2.45) is 11.8 Å². The van der Waals surface area contributed by atoms with Gasteiger partial charge in [-0.05, 0) is 76.3 Å². The van der Waals surface area contributed by atoms with Crippen molar-refractivity contribution in [2.75, 3.05) is 49.1 Å². The monoisotopic (exact) mass is 642 g/mol. The van der Waals surface area contributed by atoms with Crippen molar-refractivity contribution in [3.8, 4) is 0 Å². The molecule has 2 unspecified atom stereocenters. The second kappa shape index (κ2) is 14.4. The standard InChI is InChI=1S/C38H50N4O5/c1-6-23-40(27-28-15-11-10-12-16-28)34(44)31-32-35(45)42(25-13-14-26-43)33(38(32)22-21-37(31,5)47-38)36(46)41(24-7-2)30-19-17-29(18-20-30)39(8-3)9-4/h6-7,10-12,15-20,31-33,43H,1-2,8-9,13-14,21-27H2,3-5H3/t31-,32+,33?,37+,38?/m1/s1. The van der Waals surface area contributed by atoms with E-state index in [1.807, 2.05) is 61.5 Å². The minimum absolute atomic E-state index is 0.0115. The quantitative estimate of drug-likeness (QED) is 0.209. The molecular formula is C38H50N4O5. The van der Waals surface area contributed by atoms with Gasteiger partial charge in [0.05, 0.1) is 17.4 Å². The molecule has 5 rings (SSSR count). The highest BCUT2D eigenvalue weighted by molar-refractivity contribution is 6.05. The number of amides is 3. The first kappa shape index (κ1) is 34.4. The molecule has 0 radical (unpaired) electrons. The van der Waals surface area contributed by atoms with E-state index in [1.165, 1.54) is 0 Å². The van der Waals surface area contributed by atoms with Crippen LogP contribution in [-0.2, 0) is 25.7 Å². The summed E-state index contributed by atoms with van der Waals surface area (Å²) in [5.74, 6) is -2.17. The second-order valence-electron chi connectivity index (χ2n) is 13.1. The lowest BCUT2D eigenvalue weighted by Gasteiger charge is -2.37. The van der Waals surface area contributed by atoms with Gasteiger partial charge in [0.1, 0.15) is 11.6 Å². The Morgan fingerprint density at radius 3 is 2.23 bits per heavy atom. The summed E-state index contributed by atoms with van der Waals surface area (Å²) in [6.07, 6.45) is 5.48. The minimum Gasteiger partial charge on any atom is -0.396 e. The predicted octanol–water partition coefficient (Wildman–Crippen LogP) is 4.80. The molecule has 3 fully saturated rings. The number of hydrogen-bond donors (Lipinski definition) is 1. The van der Waals surface area contributed by atoms with Crippen LogP contribution < -0.4 is 9.80 Å². The molecule has 9 nitrogen and oxygen atoms in total. The Morgan fingerprint density at radius 1 is 0.957 bits per heavy atom. The molecule has 2 bridgehead atoms. The third kappa shape index (κ3) is 6.23. The smallest absolute Gasteiger partial charge is 0.253 e. The molecule has 47 heavy (non-hydrogen) atoms. The molecular weight excluding hydrogens is 592 g/mol. The third-order valence-corrected chi connectivity index (χ3v) is 10.3. The molecule has 3 amide bonds. The zero-order valence-electron chi connectivity index (χ0n) is 28.1. The number of anilines is 2. The summed E-state index contributed by atoms with van der Waals surface area (Å²) >= 11 is 0. The molecule has 0 aliphatic carbocycles. The molecule has 3 saturated heterocycles. The molecule has 3 aliphatic rings. The van der Waals surface area contributed by atoms with Gasteiger partial charge in [-0.1, -0.05) is 42.5 Å². The van der Waals surface area contributed by atoms with Crippen LogP contribution in [0.3, 0.4) is 0 Å². The minimum atomic E-state index is -1.14. The zero-order chi connectivity index (χ0) is 33.8. The van der Waals surface area contributed by atoms with Gasteiger partial charge in [0.25, 0.3) is 5.91 Å².